The lowest BCUT2D eigenvalue weighted by Crippen LogP contribution is -2.37. The second kappa shape index (κ2) is 5.61. The number of nitrogens with one attached hydrogen (secondary N) is 2. The number of rotatable bonds is 4. The zero-order valence-electron chi connectivity index (χ0n) is 12.0. The number of anilines is 2. The van der Waals surface area contributed by atoms with Crippen LogP contribution in [-0.4, -0.2) is 33.1 Å². The van der Waals surface area contributed by atoms with Crippen LogP contribution in [0.15, 0.2) is 24.3 Å². The monoisotopic (exact) mass is 261 g/mol. The van der Waals surface area contributed by atoms with E-state index in [-0.39, 0.29) is 11.3 Å². The maximum atomic E-state index is 12.4. The molecule has 1 heterocycles. The summed E-state index contributed by atoms with van der Waals surface area (Å²) in [6, 6.07) is 7.94. The van der Waals surface area contributed by atoms with Crippen molar-refractivity contribution in [2.75, 3.05) is 37.4 Å². The molecule has 2 rings (SSSR count). The van der Waals surface area contributed by atoms with Crippen LogP contribution in [0.25, 0.3) is 0 Å². The lowest BCUT2D eigenvalue weighted by molar-refractivity contribution is -0.124. The molecule has 1 fully saturated rings. The largest absolute Gasteiger partial charge is 0.378 e. The Kier molecular flexibility index (Phi) is 4.10. The Labute approximate surface area is 115 Å². The molecular formula is C15H23N3O. The zero-order chi connectivity index (χ0) is 13.9. The van der Waals surface area contributed by atoms with Gasteiger partial charge in [-0.15, -0.1) is 0 Å². The van der Waals surface area contributed by atoms with E-state index in [1.165, 1.54) is 0 Å². The van der Waals surface area contributed by atoms with Crippen molar-refractivity contribution < 1.29 is 4.79 Å². The number of hydrogen-bond acceptors (Lipinski definition) is 3. The number of hydrogen-bond donors (Lipinski definition) is 2. The Balaban J connectivity index is 2.06. The SMILES string of the molecule is CCC1(C(=O)Nc2ccc(N(C)C)cc2)CCNC1. The quantitative estimate of drug-likeness (QED) is 0.872. The Morgan fingerprint density at radius 3 is 2.53 bits per heavy atom. The topological polar surface area (TPSA) is 44.4 Å². The number of carbonyl (C=O) groups excluding carboxylic acids is 1. The van der Waals surface area contributed by atoms with Crippen molar-refractivity contribution in [3.63, 3.8) is 0 Å². The smallest absolute Gasteiger partial charge is 0.231 e. The van der Waals surface area contributed by atoms with Gasteiger partial charge in [0, 0.05) is 32.0 Å². The van der Waals surface area contributed by atoms with Gasteiger partial charge in [-0.05, 0) is 43.7 Å². The third kappa shape index (κ3) is 2.89. The van der Waals surface area contributed by atoms with Gasteiger partial charge >= 0.3 is 0 Å². The summed E-state index contributed by atoms with van der Waals surface area (Å²) in [7, 11) is 4.01. The maximum absolute atomic E-state index is 12.4. The molecule has 104 valence electrons. The van der Waals surface area contributed by atoms with Crippen LogP contribution in [0, 0.1) is 5.41 Å². The van der Waals surface area contributed by atoms with Crippen molar-refractivity contribution in [2.24, 2.45) is 5.41 Å². The summed E-state index contributed by atoms with van der Waals surface area (Å²) in [5, 5.41) is 6.33. The average Bonchev–Trinajstić information content (AvgIpc) is 2.89. The molecule has 1 atom stereocenters. The van der Waals surface area contributed by atoms with Crippen molar-refractivity contribution in [2.45, 2.75) is 19.8 Å². The standard InChI is InChI=1S/C15H23N3O/c1-4-15(9-10-16-11-15)14(19)17-12-5-7-13(8-6-12)18(2)3/h5-8,16H,4,9-11H2,1-3H3,(H,17,19). The third-order valence-electron chi connectivity index (χ3n) is 4.04. The third-order valence-corrected chi connectivity index (χ3v) is 4.04. The summed E-state index contributed by atoms with van der Waals surface area (Å²) in [6.45, 7) is 3.80. The van der Waals surface area contributed by atoms with E-state index in [1.54, 1.807) is 0 Å². The van der Waals surface area contributed by atoms with Crippen LogP contribution in [0.2, 0.25) is 0 Å². The Bertz CT molecular complexity index is 433. The predicted octanol–water partition coefficient (Wildman–Crippen LogP) is 2.08. The van der Waals surface area contributed by atoms with E-state index in [9.17, 15) is 4.79 Å². The molecule has 0 spiro atoms. The van der Waals surface area contributed by atoms with Crippen LogP contribution in [0.4, 0.5) is 11.4 Å². The number of nitrogens with zero attached hydrogens (tertiary/aromatic N) is 1. The fourth-order valence-corrected chi connectivity index (χ4v) is 2.51. The average molecular weight is 261 g/mol. The fraction of sp³-hybridized carbons (Fsp3) is 0.533. The first-order chi connectivity index (χ1) is 9.07. The maximum Gasteiger partial charge on any atom is 0.231 e. The second-order valence-corrected chi connectivity index (χ2v) is 5.46. The van der Waals surface area contributed by atoms with Gasteiger partial charge in [-0.2, -0.15) is 0 Å². The first-order valence-corrected chi connectivity index (χ1v) is 6.87. The molecule has 19 heavy (non-hydrogen) atoms. The van der Waals surface area contributed by atoms with Crippen LogP contribution in [0.5, 0.6) is 0 Å². The van der Waals surface area contributed by atoms with Crippen LogP contribution < -0.4 is 15.5 Å². The molecule has 1 amide bonds. The highest BCUT2D eigenvalue weighted by Gasteiger charge is 2.39. The van der Waals surface area contributed by atoms with Gasteiger partial charge in [-0.3, -0.25) is 4.79 Å². The summed E-state index contributed by atoms with van der Waals surface area (Å²) >= 11 is 0. The lowest BCUT2D eigenvalue weighted by Gasteiger charge is -2.25. The highest BCUT2D eigenvalue weighted by molar-refractivity contribution is 5.95. The summed E-state index contributed by atoms with van der Waals surface area (Å²) in [5.74, 6) is 0.137. The van der Waals surface area contributed by atoms with Crippen LogP contribution in [-0.2, 0) is 4.79 Å². The predicted molar refractivity (Wildman–Crippen MR) is 79.6 cm³/mol. The molecule has 1 aromatic carbocycles. The highest BCUT2D eigenvalue weighted by atomic mass is 16.2. The normalized spacial score (nSPS) is 22.3. The summed E-state index contributed by atoms with van der Waals surface area (Å²) in [5.41, 5.74) is 1.77. The van der Waals surface area contributed by atoms with E-state index in [4.69, 9.17) is 0 Å². The molecule has 1 aliphatic rings. The molecule has 1 aromatic rings. The minimum Gasteiger partial charge on any atom is -0.378 e. The van der Waals surface area contributed by atoms with Gasteiger partial charge in [-0.1, -0.05) is 6.92 Å². The van der Waals surface area contributed by atoms with Gasteiger partial charge in [-0.25, -0.2) is 0 Å². The number of amides is 1. The van der Waals surface area contributed by atoms with Gasteiger partial charge in [0.2, 0.25) is 5.91 Å². The molecule has 1 saturated heterocycles. The van der Waals surface area contributed by atoms with Crippen LogP contribution in [0.3, 0.4) is 0 Å². The first-order valence-electron chi connectivity index (χ1n) is 6.87. The molecule has 2 N–H and O–H groups in total. The molecule has 1 aliphatic heterocycles. The number of benzene rings is 1. The van der Waals surface area contributed by atoms with Crippen molar-refractivity contribution in [3.8, 4) is 0 Å². The molecule has 4 heteroatoms. The van der Waals surface area contributed by atoms with Crippen molar-refractivity contribution in [3.05, 3.63) is 24.3 Å². The molecular weight excluding hydrogens is 238 g/mol. The van der Waals surface area contributed by atoms with E-state index < -0.39 is 0 Å². The minimum atomic E-state index is -0.236. The Morgan fingerprint density at radius 2 is 2.05 bits per heavy atom. The minimum absolute atomic E-state index is 0.137. The Hall–Kier alpha value is -1.55. The molecule has 0 aromatic heterocycles. The molecule has 1 unspecified atom stereocenters. The molecule has 0 radical (unpaired) electrons. The van der Waals surface area contributed by atoms with Gasteiger partial charge in [0.25, 0.3) is 0 Å². The van der Waals surface area contributed by atoms with Crippen LogP contribution in [0.1, 0.15) is 19.8 Å². The van der Waals surface area contributed by atoms with Gasteiger partial charge in [0.1, 0.15) is 0 Å². The van der Waals surface area contributed by atoms with E-state index >= 15 is 0 Å². The molecule has 0 aliphatic carbocycles. The van der Waals surface area contributed by atoms with Gasteiger partial charge < -0.3 is 15.5 Å². The fourth-order valence-electron chi connectivity index (χ4n) is 2.51. The summed E-state index contributed by atoms with van der Waals surface area (Å²) < 4.78 is 0. The Morgan fingerprint density at radius 1 is 1.37 bits per heavy atom. The summed E-state index contributed by atoms with van der Waals surface area (Å²) in [6.07, 6.45) is 1.80. The van der Waals surface area contributed by atoms with Crippen LogP contribution >= 0.6 is 0 Å². The molecule has 4 nitrogen and oxygen atoms in total. The first kappa shape index (κ1) is 13.9. The molecule has 0 bridgehead atoms. The van der Waals surface area contributed by atoms with Gasteiger partial charge in [0.05, 0.1) is 5.41 Å². The lowest BCUT2D eigenvalue weighted by atomic mass is 9.83. The van der Waals surface area contributed by atoms with Gasteiger partial charge in [0.15, 0.2) is 0 Å². The highest BCUT2D eigenvalue weighted by Crippen LogP contribution is 2.31. The zero-order valence-corrected chi connectivity index (χ0v) is 12.0. The van der Waals surface area contributed by atoms with Crippen molar-refractivity contribution in [1.29, 1.82) is 0 Å². The van der Waals surface area contributed by atoms with E-state index in [2.05, 4.69) is 17.6 Å². The van der Waals surface area contributed by atoms with Crippen molar-refractivity contribution in [1.82, 2.24) is 5.32 Å². The van der Waals surface area contributed by atoms with E-state index in [0.717, 1.165) is 37.3 Å². The molecule has 0 saturated carbocycles. The second-order valence-electron chi connectivity index (χ2n) is 5.46. The number of carbonyl (C=O) groups is 1. The van der Waals surface area contributed by atoms with Crippen molar-refractivity contribution >= 4 is 17.3 Å². The van der Waals surface area contributed by atoms with E-state index in [0.29, 0.717) is 0 Å². The van der Waals surface area contributed by atoms with E-state index in [1.807, 2.05) is 43.3 Å². The summed E-state index contributed by atoms with van der Waals surface area (Å²) in [4.78, 5) is 14.5.